The van der Waals surface area contributed by atoms with Crippen molar-refractivity contribution in [1.82, 2.24) is 5.32 Å². The molecule has 10 heavy (non-hydrogen) atoms. The summed E-state index contributed by atoms with van der Waals surface area (Å²) in [6, 6.07) is 0. The van der Waals surface area contributed by atoms with Crippen LogP contribution < -0.4 is 5.32 Å². The molecule has 0 saturated carbocycles. The molecule has 62 valence electrons. The molecule has 0 unspecified atom stereocenters. The van der Waals surface area contributed by atoms with Gasteiger partial charge in [0, 0.05) is 25.2 Å². The summed E-state index contributed by atoms with van der Waals surface area (Å²) in [7, 11) is -2.81. The smallest absolute Gasteiger partial charge is 0.148 e. The Morgan fingerprint density at radius 3 is 2.40 bits per heavy atom. The largest absolute Gasteiger partial charge is 0.315 e. The SMILES string of the molecule is CS(=O)(=O)CCNCCCl. The van der Waals surface area contributed by atoms with E-state index in [9.17, 15) is 8.42 Å². The zero-order chi connectivity index (χ0) is 8.04. The Morgan fingerprint density at radius 1 is 1.40 bits per heavy atom. The van der Waals surface area contributed by atoms with Crippen LogP contribution in [0.2, 0.25) is 0 Å². The number of rotatable bonds is 5. The summed E-state index contributed by atoms with van der Waals surface area (Å²) in [6.45, 7) is 1.16. The fourth-order valence-corrected chi connectivity index (χ4v) is 1.10. The molecule has 0 atom stereocenters. The van der Waals surface area contributed by atoms with Gasteiger partial charge < -0.3 is 5.32 Å². The van der Waals surface area contributed by atoms with Gasteiger partial charge in [-0.3, -0.25) is 0 Å². The number of nitrogens with one attached hydrogen (secondary N) is 1. The molecule has 0 rings (SSSR count). The van der Waals surface area contributed by atoms with E-state index >= 15 is 0 Å². The lowest BCUT2D eigenvalue weighted by molar-refractivity contribution is 0.598. The molecule has 0 aliphatic heterocycles. The molecular weight excluding hydrogens is 174 g/mol. The van der Waals surface area contributed by atoms with Gasteiger partial charge in [0.15, 0.2) is 0 Å². The molecule has 0 aromatic carbocycles. The lowest BCUT2D eigenvalue weighted by Crippen LogP contribution is -2.23. The average Bonchev–Trinajstić information content (AvgIpc) is 1.78. The monoisotopic (exact) mass is 185 g/mol. The lowest BCUT2D eigenvalue weighted by atomic mass is 10.7. The molecule has 0 aliphatic rings. The fraction of sp³-hybridized carbons (Fsp3) is 1.00. The minimum atomic E-state index is -2.81. The summed E-state index contributed by atoms with van der Waals surface area (Å²) >= 11 is 5.34. The van der Waals surface area contributed by atoms with Crippen LogP contribution in [0.15, 0.2) is 0 Å². The van der Waals surface area contributed by atoms with Crippen molar-refractivity contribution in [2.75, 3.05) is 31.0 Å². The van der Waals surface area contributed by atoms with Crippen molar-refractivity contribution in [3.8, 4) is 0 Å². The Balaban J connectivity index is 3.21. The first-order valence-electron chi connectivity index (χ1n) is 3.00. The predicted molar refractivity (Wildman–Crippen MR) is 43.3 cm³/mol. The third-order valence-corrected chi connectivity index (χ3v) is 2.06. The second kappa shape index (κ2) is 4.93. The average molecular weight is 186 g/mol. The van der Waals surface area contributed by atoms with Crippen LogP contribution in [0.3, 0.4) is 0 Å². The minimum absolute atomic E-state index is 0.184. The van der Waals surface area contributed by atoms with Gasteiger partial charge in [0.2, 0.25) is 0 Å². The van der Waals surface area contributed by atoms with Crippen LogP contribution in [-0.4, -0.2) is 39.4 Å². The lowest BCUT2D eigenvalue weighted by Gasteiger charge is -1.98. The van der Waals surface area contributed by atoms with Crippen LogP contribution in [0.1, 0.15) is 0 Å². The predicted octanol–water partition coefficient (Wildman–Crippen LogP) is -0.141. The van der Waals surface area contributed by atoms with Crippen molar-refractivity contribution < 1.29 is 8.42 Å². The van der Waals surface area contributed by atoms with Crippen molar-refractivity contribution in [1.29, 1.82) is 0 Å². The van der Waals surface area contributed by atoms with E-state index in [4.69, 9.17) is 11.6 Å². The topological polar surface area (TPSA) is 46.2 Å². The first-order valence-corrected chi connectivity index (χ1v) is 5.60. The van der Waals surface area contributed by atoms with Crippen molar-refractivity contribution in [3.05, 3.63) is 0 Å². The number of hydrogen-bond acceptors (Lipinski definition) is 3. The molecule has 0 aliphatic carbocycles. The van der Waals surface area contributed by atoms with Crippen molar-refractivity contribution >= 4 is 21.4 Å². The summed E-state index contributed by atoms with van der Waals surface area (Å²) in [6.07, 6.45) is 1.22. The van der Waals surface area contributed by atoms with Crippen LogP contribution >= 0.6 is 11.6 Å². The zero-order valence-corrected chi connectivity index (χ0v) is 7.50. The van der Waals surface area contributed by atoms with Crippen LogP contribution in [0.4, 0.5) is 0 Å². The molecule has 0 fully saturated rings. The second-order valence-corrected chi connectivity index (χ2v) is 4.71. The molecule has 0 heterocycles. The van der Waals surface area contributed by atoms with Crippen molar-refractivity contribution in [2.24, 2.45) is 0 Å². The highest BCUT2D eigenvalue weighted by Crippen LogP contribution is 1.79. The molecule has 0 bridgehead atoms. The maximum absolute atomic E-state index is 10.5. The van der Waals surface area contributed by atoms with Crippen molar-refractivity contribution in [3.63, 3.8) is 0 Å². The van der Waals surface area contributed by atoms with E-state index in [1.54, 1.807) is 0 Å². The second-order valence-electron chi connectivity index (χ2n) is 2.07. The van der Waals surface area contributed by atoms with E-state index in [0.717, 1.165) is 0 Å². The normalized spacial score (nSPS) is 11.8. The van der Waals surface area contributed by atoms with Gasteiger partial charge in [-0.1, -0.05) is 0 Å². The Hall–Kier alpha value is 0.200. The number of sulfone groups is 1. The molecule has 0 aromatic rings. The maximum atomic E-state index is 10.5. The summed E-state index contributed by atoms with van der Waals surface area (Å²) < 4.78 is 21.0. The van der Waals surface area contributed by atoms with E-state index in [-0.39, 0.29) is 5.75 Å². The van der Waals surface area contributed by atoms with Crippen LogP contribution in [0, 0.1) is 0 Å². The van der Waals surface area contributed by atoms with Gasteiger partial charge in [0.25, 0.3) is 0 Å². The third-order valence-electron chi connectivity index (χ3n) is 0.921. The summed E-state index contributed by atoms with van der Waals surface area (Å²) in [5, 5.41) is 2.88. The Bertz CT molecular complexity index is 166. The highest BCUT2D eigenvalue weighted by atomic mass is 35.5. The Labute approximate surface area is 66.7 Å². The first-order chi connectivity index (χ1) is 4.56. The zero-order valence-electron chi connectivity index (χ0n) is 5.93. The molecule has 0 saturated heterocycles. The molecule has 0 radical (unpaired) electrons. The molecule has 0 spiro atoms. The number of alkyl halides is 1. The van der Waals surface area contributed by atoms with Crippen LogP contribution in [-0.2, 0) is 9.84 Å². The van der Waals surface area contributed by atoms with Gasteiger partial charge in [-0.2, -0.15) is 0 Å². The molecular formula is C5H12ClNO2S. The van der Waals surface area contributed by atoms with Crippen LogP contribution in [0.25, 0.3) is 0 Å². The number of halogens is 1. The van der Waals surface area contributed by atoms with Gasteiger partial charge in [-0.05, 0) is 0 Å². The molecule has 0 amide bonds. The van der Waals surface area contributed by atoms with E-state index < -0.39 is 9.84 Å². The van der Waals surface area contributed by atoms with E-state index in [1.807, 2.05) is 0 Å². The summed E-state index contributed by atoms with van der Waals surface area (Å²) in [5.74, 6) is 0.702. The fourth-order valence-electron chi connectivity index (χ4n) is 0.449. The van der Waals surface area contributed by atoms with E-state index in [2.05, 4.69) is 5.32 Å². The molecule has 5 heteroatoms. The van der Waals surface area contributed by atoms with Gasteiger partial charge in [-0.15, -0.1) is 11.6 Å². The summed E-state index contributed by atoms with van der Waals surface area (Å²) in [4.78, 5) is 0. The van der Waals surface area contributed by atoms with Crippen molar-refractivity contribution in [2.45, 2.75) is 0 Å². The van der Waals surface area contributed by atoms with Gasteiger partial charge in [-0.25, -0.2) is 8.42 Å². The van der Waals surface area contributed by atoms with E-state index in [0.29, 0.717) is 19.0 Å². The maximum Gasteiger partial charge on any atom is 0.148 e. The minimum Gasteiger partial charge on any atom is -0.315 e. The van der Waals surface area contributed by atoms with Gasteiger partial charge >= 0.3 is 0 Å². The quantitative estimate of drug-likeness (QED) is 0.479. The highest BCUT2D eigenvalue weighted by molar-refractivity contribution is 7.90. The molecule has 3 nitrogen and oxygen atoms in total. The summed E-state index contributed by atoms with van der Waals surface area (Å²) in [5.41, 5.74) is 0. The Morgan fingerprint density at radius 2 is 2.00 bits per heavy atom. The third kappa shape index (κ3) is 8.20. The Kier molecular flexibility index (Phi) is 5.03. The number of hydrogen-bond donors (Lipinski definition) is 1. The molecule has 1 N–H and O–H groups in total. The van der Waals surface area contributed by atoms with Crippen LogP contribution in [0.5, 0.6) is 0 Å². The van der Waals surface area contributed by atoms with E-state index in [1.165, 1.54) is 6.26 Å². The standard InChI is InChI=1S/C5H12ClNO2S/c1-10(8,9)5-4-7-3-2-6/h7H,2-5H2,1H3. The van der Waals surface area contributed by atoms with Gasteiger partial charge in [0.1, 0.15) is 9.84 Å². The highest BCUT2D eigenvalue weighted by Gasteiger charge is 1.98. The van der Waals surface area contributed by atoms with Gasteiger partial charge in [0.05, 0.1) is 5.75 Å². The first kappa shape index (κ1) is 10.2. The molecule has 0 aromatic heterocycles.